The number of nitrogens with one attached hydrogen (secondary N) is 1. The molecule has 3 aromatic rings. The summed E-state index contributed by atoms with van der Waals surface area (Å²) in [5.41, 5.74) is -1.70. The Morgan fingerprint density at radius 3 is 2.12 bits per heavy atom. The second kappa shape index (κ2) is 11.3. The van der Waals surface area contributed by atoms with Gasteiger partial charge in [0.25, 0.3) is 0 Å². The van der Waals surface area contributed by atoms with E-state index in [1.165, 1.54) is 24.3 Å². The third kappa shape index (κ3) is 7.86. The van der Waals surface area contributed by atoms with Gasteiger partial charge in [0.15, 0.2) is 6.61 Å². The third-order valence-corrected chi connectivity index (χ3v) is 5.79. The largest absolute Gasteiger partial charge is 0.454 e. The summed E-state index contributed by atoms with van der Waals surface area (Å²) in [6.45, 7) is -0.769. The van der Waals surface area contributed by atoms with E-state index in [0.717, 1.165) is 24.3 Å². The molecule has 1 aromatic heterocycles. The van der Waals surface area contributed by atoms with Gasteiger partial charge >= 0.3 is 24.5 Å². The number of hydrogen-bond acceptors (Lipinski definition) is 7. The van der Waals surface area contributed by atoms with Gasteiger partial charge in [-0.3, -0.25) is 4.90 Å². The van der Waals surface area contributed by atoms with Crippen molar-refractivity contribution in [1.82, 2.24) is 19.9 Å². The van der Waals surface area contributed by atoms with Gasteiger partial charge in [0.05, 0.1) is 11.1 Å². The first kappa shape index (κ1) is 29.2. The minimum absolute atomic E-state index is 0.0169. The molecule has 1 aliphatic rings. The molecule has 1 N–H and O–H groups in total. The van der Waals surface area contributed by atoms with Crippen molar-refractivity contribution in [3.05, 3.63) is 65.2 Å². The Morgan fingerprint density at radius 1 is 0.775 bits per heavy atom. The van der Waals surface area contributed by atoms with E-state index >= 15 is 0 Å². The number of piperazine rings is 1. The van der Waals surface area contributed by atoms with Crippen molar-refractivity contribution >= 4 is 17.6 Å². The maximum absolute atomic E-state index is 13.3. The molecule has 16 heteroatoms. The molecule has 0 amide bonds. The lowest BCUT2D eigenvalue weighted by Crippen LogP contribution is -2.46. The smallest absolute Gasteiger partial charge is 0.422 e. The quantitative estimate of drug-likeness (QED) is 0.349. The molecule has 0 atom stereocenters. The molecule has 2 heterocycles. The molecule has 0 spiro atoms. The molecular weight excluding hydrogens is 559 g/mol. The van der Waals surface area contributed by atoms with Crippen LogP contribution in [0.5, 0.6) is 6.01 Å². The summed E-state index contributed by atoms with van der Waals surface area (Å²) in [5, 5.41) is 2.53. The highest BCUT2D eigenvalue weighted by atomic mass is 19.4. The van der Waals surface area contributed by atoms with E-state index in [1.807, 2.05) is 0 Å². The van der Waals surface area contributed by atoms with E-state index in [0.29, 0.717) is 0 Å². The average molecular weight is 580 g/mol. The number of alkyl halides is 9. The molecule has 40 heavy (non-hydrogen) atoms. The number of hydrogen-bond donors (Lipinski definition) is 1. The van der Waals surface area contributed by atoms with Crippen LogP contribution in [0, 0.1) is 0 Å². The minimum Gasteiger partial charge on any atom is -0.454 e. The van der Waals surface area contributed by atoms with Gasteiger partial charge in [-0.05, 0) is 29.8 Å². The number of nitrogens with zero attached hydrogens (tertiary/aromatic N) is 5. The van der Waals surface area contributed by atoms with Crippen molar-refractivity contribution in [1.29, 1.82) is 0 Å². The van der Waals surface area contributed by atoms with Gasteiger partial charge in [-0.15, -0.1) is 0 Å². The van der Waals surface area contributed by atoms with Gasteiger partial charge in [-0.2, -0.15) is 54.5 Å². The van der Waals surface area contributed by atoms with E-state index in [4.69, 9.17) is 0 Å². The molecule has 0 aliphatic carbocycles. The Labute approximate surface area is 221 Å². The first-order chi connectivity index (χ1) is 18.7. The van der Waals surface area contributed by atoms with Crippen molar-refractivity contribution in [3.63, 3.8) is 0 Å². The van der Waals surface area contributed by atoms with Gasteiger partial charge in [-0.1, -0.05) is 24.3 Å². The Morgan fingerprint density at radius 2 is 1.48 bits per heavy atom. The molecular formula is C24H21F9N6O. The van der Waals surface area contributed by atoms with E-state index in [-0.39, 0.29) is 55.9 Å². The first-order valence-corrected chi connectivity index (χ1v) is 11.7. The van der Waals surface area contributed by atoms with Gasteiger partial charge < -0.3 is 15.0 Å². The molecule has 4 rings (SSSR count). The van der Waals surface area contributed by atoms with Crippen LogP contribution in [0.25, 0.3) is 0 Å². The van der Waals surface area contributed by atoms with Crippen LogP contribution in [-0.2, 0) is 18.9 Å². The van der Waals surface area contributed by atoms with Crippen LogP contribution in [-0.4, -0.2) is 58.8 Å². The standard InChI is InChI=1S/C24H21F9N6O/c25-22(26,27)14-40-21-36-19(34-17-6-3-5-16(12-17)23(28,29)30)35-20(37-21)39-10-8-38(9-11-39)13-15-4-1-2-7-18(15)24(31,32)33/h1-7,12H,8-11,13-14H2,(H,34,35,36,37). The minimum atomic E-state index is -4.71. The van der Waals surface area contributed by atoms with Gasteiger partial charge in [0.2, 0.25) is 11.9 Å². The lowest BCUT2D eigenvalue weighted by atomic mass is 10.1. The summed E-state index contributed by atoms with van der Waals surface area (Å²) in [6, 6.07) is 8.51. The number of anilines is 3. The van der Waals surface area contributed by atoms with Crippen molar-refractivity contribution in [2.75, 3.05) is 43.0 Å². The molecule has 1 aliphatic heterocycles. The Hall–Kier alpha value is -3.82. The number of halogens is 9. The van der Waals surface area contributed by atoms with Crippen molar-refractivity contribution in [2.24, 2.45) is 0 Å². The lowest BCUT2D eigenvalue weighted by molar-refractivity contribution is -0.154. The second-order valence-electron chi connectivity index (χ2n) is 8.77. The topological polar surface area (TPSA) is 66.4 Å². The highest BCUT2D eigenvalue weighted by Gasteiger charge is 2.34. The molecule has 1 saturated heterocycles. The maximum atomic E-state index is 13.3. The Bertz CT molecular complexity index is 1300. The fourth-order valence-corrected chi connectivity index (χ4v) is 3.94. The zero-order chi connectivity index (χ0) is 29.1. The number of benzene rings is 2. The molecule has 0 unspecified atom stereocenters. The predicted molar refractivity (Wildman–Crippen MR) is 125 cm³/mol. The van der Waals surface area contributed by atoms with Crippen LogP contribution in [0.15, 0.2) is 48.5 Å². The summed E-state index contributed by atoms with van der Waals surface area (Å²) in [6.07, 6.45) is -13.9. The van der Waals surface area contributed by atoms with Crippen LogP contribution in [0.4, 0.5) is 57.1 Å². The van der Waals surface area contributed by atoms with Crippen LogP contribution < -0.4 is 15.0 Å². The highest BCUT2D eigenvalue weighted by molar-refractivity contribution is 5.56. The van der Waals surface area contributed by atoms with Crippen LogP contribution in [0.1, 0.15) is 16.7 Å². The van der Waals surface area contributed by atoms with E-state index in [1.54, 1.807) is 9.80 Å². The fraction of sp³-hybridized carbons (Fsp3) is 0.375. The van der Waals surface area contributed by atoms with Gasteiger partial charge in [0.1, 0.15) is 0 Å². The summed E-state index contributed by atoms with van der Waals surface area (Å²) in [4.78, 5) is 15.1. The molecule has 216 valence electrons. The second-order valence-corrected chi connectivity index (χ2v) is 8.77. The normalized spacial score (nSPS) is 15.3. The SMILES string of the molecule is FC(F)(F)COc1nc(Nc2cccc(C(F)(F)F)c2)nc(N2CCN(Cc3ccccc3C(F)(F)F)CC2)n1. The molecule has 0 saturated carbocycles. The summed E-state index contributed by atoms with van der Waals surface area (Å²) in [5.74, 6) is -0.472. The number of aromatic nitrogens is 3. The fourth-order valence-electron chi connectivity index (χ4n) is 3.94. The predicted octanol–water partition coefficient (Wildman–Crippen LogP) is 5.92. The van der Waals surface area contributed by atoms with Crippen molar-refractivity contribution < 1.29 is 44.3 Å². The van der Waals surface area contributed by atoms with Crippen LogP contribution >= 0.6 is 0 Å². The first-order valence-electron chi connectivity index (χ1n) is 11.7. The van der Waals surface area contributed by atoms with Crippen molar-refractivity contribution in [2.45, 2.75) is 25.1 Å². The number of ether oxygens (including phenoxy) is 1. The molecule has 7 nitrogen and oxygen atoms in total. The van der Waals surface area contributed by atoms with Gasteiger partial charge in [-0.25, -0.2) is 0 Å². The summed E-state index contributed by atoms with van der Waals surface area (Å²) < 4.78 is 122. The molecule has 0 bridgehead atoms. The monoisotopic (exact) mass is 580 g/mol. The maximum Gasteiger partial charge on any atom is 0.422 e. The summed E-state index contributed by atoms with van der Waals surface area (Å²) in [7, 11) is 0. The Balaban J connectivity index is 1.51. The highest BCUT2D eigenvalue weighted by Crippen LogP contribution is 2.33. The summed E-state index contributed by atoms with van der Waals surface area (Å²) >= 11 is 0. The average Bonchev–Trinajstić information content (AvgIpc) is 2.87. The lowest BCUT2D eigenvalue weighted by Gasteiger charge is -2.35. The van der Waals surface area contributed by atoms with Crippen molar-refractivity contribution in [3.8, 4) is 6.01 Å². The molecule has 0 radical (unpaired) electrons. The number of rotatable bonds is 7. The molecule has 1 fully saturated rings. The van der Waals surface area contributed by atoms with E-state index < -0.39 is 42.3 Å². The zero-order valence-corrected chi connectivity index (χ0v) is 20.4. The van der Waals surface area contributed by atoms with Crippen LogP contribution in [0.2, 0.25) is 0 Å². The zero-order valence-electron chi connectivity index (χ0n) is 20.4. The van der Waals surface area contributed by atoms with Gasteiger partial charge in [0, 0.05) is 38.4 Å². The van der Waals surface area contributed by atoms with E-state index in [2.05, 4.69) is 25.0 Å². The Kier molecular flexibility index (Phi) is 8.28. The van der Waals surface area contributed by atoms with Crippen LogP contribution in [0.3, 0.4) is 0 Å². The third-order valence-electron chi connectivity index (χ3n) is 5.79. The molecule has 2 aromatic carbocycles. The van der Waals surface area contributed by atoms with E-state index in [9.17, 15) is 39.5 Å².